The van der Waals surface area contributed by atoms with Gasteiger partial charge in [0, 0.05) is 17.8 Å². The van der Waals surface area contributed by atoms with Crippen LogP contribution in [0, 0.1) is 0 Å². The highest BCUT2D eigenvalue weighted by Gasteiger charge is 2.11. The van der Waals surface area contributed by atoms with E-state index in [0.717, 1.165) is 5.75 Å². The van der Waals surface area contributed by atoms with E-state index in [4.69, 9.17) is 5.73 Å². The van der Waals surface area contributed by atoms with Crippen molar-refractivity contribution >= 4 is 11.8 Å². The normalized spacial score (nSPS) is 13.5. The molecule has 5 nitrogen and oxygen atoms in total. The highest BCUT2D eigenvalue weighted by Crippen LogP contribution is 2.16. The lowest BCUT2D eigenvalue weighted by Gasteiger charge is -2.09. The minimum atomic E-state index is -0.160. The predicted molar refractivity (Wildman–Crippen MR) is 57.6 cm³/mol. The Labute approximate surface area is 87.1 Å². The van der Waals surface area contributed by atoms with Gasteiger partial charge in [0.15, 0.2) is 5.16 Å². The number of H-pyrrole nitrogens is 1. The van der Waals surface area contributed by atoms with Crippen molar-refractivity contribution in [2.75, 3.05) is 5.75 Å². The van der Waals surface area contributed by atoms with Gasteiger partial charge >= 0.3 is 5.69 Å². The average Bonchev–Trinajstić information content (AvgIpc) is 2.43. The van der Waals surface area contributed by atoms with Gasteiger partial charge in [-0.3, -0.25) is 4.57 Å². The van der Waals surface area contributed by atoms with Crippen LogP contribution in [0.1, 0.15) is 26.8 Å². The number of hydrogen-bond donors (Lipinski definition) is 2. The lowest BCUT2D eigenvalue weighted by atomic mass is 10.4. The monoisotopic (exact) mass is 216 g/mol. The van der Waals surface area contributed by atoms with E-state index in [2.05, 4.69) is 10.2 Å². The van der Waals surface area contributed by atoms with Crippen LogP contribution < -0.4 is 11.4 Å². The van der Waals surface area contributed by atoms with Crippen LogP contribution in [0.3, 0.4) is 0 Å². The number of nitrogens with two attached hydrogens (primary N) is 1. The van der Waals surface area contributed by atoms with Crippen molar-refractivity contribution in [3.8, 4) is 0 Å². The first-order valence-corrected chi connectivity index (χ1v) is 5.56. The van der Waals surface area contributed by atoms with Crippen molar-refractivity contribution in [3.05, 3.63) is 10.5 Å². The molecule has 1 aromatic heterocycles. The second-order valence-corrected chi connectivity index (χ2v) is 4.55. The summed E-state index contributed by atoms with van der Waals surface area (Å²) in [6, 6.07) is 0.226. The summed E-state index contributed by atoms with van der Waals surface area (Å²) in [5.41, 5.74) is 5.47. The summed E-state index contributed by atoms with van der Waals surface area (Å²) in [6.45, 7) is 5.83. The van der Waals surface area contributed by atoms with Crippen LogP contribution in [0.15, 0.2) is 9.95 Å². The van der Waals surface area contributed by atoms with Crippen molar-refractivity contribution in [2.45, 2.75) is 38.0 Å². The van der Waals surface area contributed by atoms with Crippen molar-refractivity contribution in [3.63, 3.8) is 0 Å². The highest BCUT2D eigenvalue weighted by atomic mass is 32.2. The minimum absolute atomic E-state index is 0.104. The van der Waals surface area contributed by atoms with Crippen molar-refractivity contribution in [2.24, 2.45) is 5.73 Å². The summed E-state index contributed by atoms with van der Waals surface area (Å²) in [5, 5.41) is 7.09. The number of aromatic amines is 1. The average molecular weight is 216 g/mol. The highest BCUT2D eigenvalue weighted by molar-refractivity contribution is 7.99. The molecule has 0 saturated carbocycles. The summed E-state index contributed by atoms with van der Waals surface area (Å²) in [4.78, 5) is 11.3. The third-order valence-electron chi connectivity index (χ3n) is 1.66. The zero-order valence-electron chi connectivity index (χ0n) is 8.65. The molecule has 0 amide bonds. The van der Waals surface area contributed by atoms with Gasteiger partial charge in [-0.05, 0) is 20.8 Å². The van der Waals surface area contributed by atoms with E-state index < -0.39 is 0 Å². The molecule has 0 saturated heterocycles. The van der Waals surface area contributed by atoms with E-state index in [1.54, 1.807) is 4.57 Å². The van der Waals surface area contributed by atoms with E-state index in [0.29, 0.717) is 5.16 Å². The summed E-state index contributed by atoms with van der Waals surface area (Å²) >= 11 is 1.50. The molecule has 1 atom stereocenters. The van der Waals surface area contributed by atoms with Crippen LogP contribution in [-0.2, 0) is 0 Å². The Morgan fingerprint density at radius 3 is 2.71 bits per heavy atom. The number of hydrogen-bond acceptors (Lipinski definition) is 4. The fraction of sp³-hybridized carbons (Fsp3) is 0.750. The Bertz CT molecular complexity index is 341. The molecule has 14 heavy (non-hydrogen) atoms. The standard InChI is InChI=1S/C8H16N4OS/c1-5(2)12-7(13)10-11-8(12)14-4-6(3)9/h5-6H,4,9H2,1-3H3,(H,10,13)/t6-/m0/s1. The Kier molecular flexibility index (Phi) is 3.77. The van der Waals surface area contributed by atoms with Gasteiger partial charge in [-0.1, -0.05) is 11.8 Å². The summed E-state index contributed by atoms with van der Waals surface area (Å²) in [5.74, 6) is 0.761. The fourth-order valence-corrected chi connectivity index (χ4v) is 2.01. The molecule has 1 rings (SSSR count). The molecule has 0 aliphatic heterocycles. The number of rotatable bonds is 4. The Morgan fingerprint density at radius 2 is 2.21 bits per heavy atom. The molecule has 0 radical (unpaired) electrons. The molecule has 1 heterocycles. The molecule has 0 aromatic carbocycles. The molecule has 0 fully saturated rings. The topological polar surface area (TPSA) is 76.7 Å². The maximum absolute atomic E-state index is 11.3. The van der Waals surface area contributed by atoms with Gasteiger partial charge in [0.2, 0.25) is 0 Å². The van der Waals surface area contributed by atoms with Gasteiger partial charge in [0.1, 0.15) is 0 Å². The minimum Gasteiger partial charge on any atom is -0.327 e. The zero-order valence-corrected chi connectivity index (χ0v) is 9.47. The summed E-state index contributed by atoms with van der Waals surface area (Å²) in [6.07, 6.45) is 0. The maximum Gasteiger partial charge on any atom is 0.344 e. The molecule has 0 unspecified atom stereocenters. The second kappa shape index (κ2) is 4.65. The van der Waals surface area contributed by atoms with Gasteiger partial charge in [-0.15, -0.1) is 5.10 Å². The number of thioether (sulfide) groups is 1. The second-order valence-electron chi connectivity index (χ2n) is 3.56. The first-order chi connectivity index (χ1) is 6.52. The van der Waals surface area contributed by atoms with Crippen LogP contribution in [0.5, 0.6) is 0 Å². The molecular formula is C8H16N4OS. The van der Waals surface area contributed by atoms with Gasteiger partial charge < -0.3 is 5.73 Å². The fourth-order valence-electron chi connectivity index (χ4n) is 1.05. The largest absolute Gasteiger partial charge is 0.344 e. The lowest BCUT2D eigenvalue weighted by molar-refractivity contribution is 0.533. The first kappa shape index (κ1) is 11.3. The quantitative estimate of drug-likeness (QED) is 0.722. The molecule has 0 aliphatic rings. The van der Waals surface area contributed by atoms with Crippen LogP contribution in [0.4, 0.5) is 0 Å². The summed E-state index contributed by atoms with van der Waals surface area (Å²) < 4.78 is 1.63. The third-order valence-corrected chi connectivity index (χ3v) is 2.90. The van der Waals surface area contributed by atoms with Crippen molar-refractivity contribution < 1.29 is 0 Å². The van der Waals surface area contributed by atoms with Crippen LogP contribution in [0.2, 0.25) is 0 Å². The van der Waals surface area contributed by atoms with Crippen LogP contribution in [-0.4, -0.2) is 26.6 Å². The molecule has 6 heteroatoms. The molecule has 1 aromatic rings. The van der Waals surface area contributed by atoms with Crippen LogP contribution >= 0.6 is 11.8 Å². The van der Waals surface area contributed by atoms with E-state index in [-0.39, 0.29) is 17.8 Å². The van der Waals surface area contributed by atoms with Gasteiger partial charge in [-0.25, -0.2) is 9.89 Å². The lowest BCUT2D eigenvalue weighted by Crippen LogP contribution is -2.21. The molecule has 0 bridgehead atoms. The van der Waals surface area contributed by atoms with Crippen molar-refractivity contribution in [1.29, 1.82) is 0 Å². The first-order valence-electron chi connectivity index (χ1n) is 4.57. The van der Waals surface area contributed by atoms with Gasteiger partial charge in [0.05, 0.1) is 0 Å². The Morgan fingerprint density at radius 1 is 1.57 bits per heavy atom. The molecular weight excluding hydrogens is 200 g/mol. The molecule has 80 valence electrons. The van der Waals surface area contributed by atoms with E-state index in [1.807, 2.05) is 20.8 Å². The van der Waals surface area contributed by atoms with E-state index >= 15 is 0 Å². The Hall–Kier alpha value is -0.750. The number of nitrogens with zero attached hydrogens (tertiary/aromatic N) is 2. The van der Waals surface area contributed by atoms with Crippen molar-refractivity contribution in [1.82, 2.24) is 14.8 Å². The van der Waals surface area contributed by atoms with Crippen LogP contribution in [0.25, 0.3) is 0 Å². The van der Waals surface area contributed by atoms with E-state index in [1.165, 1.54) is 11.8 Å². The number of nitrogens with one attached hydrogen (secondary N) is 1. The summed E-state index contributed by atoms with van der Waals surface area (Å²) in [7, 11) is 0. The SMILES string of the molecule is CC(C)n1c(SC[C@H](C)N)n[nH]c1=O. The zero-order chi connectivity index (χ0) is 10.7. The third kappa shape index (κ3) is 2.62. The number of aromatic nitrogens is 3. The van der Waals surface area contributed by atoms with E-state index in [9.17, 15) is 4.79 Å². The smallest absolute Gasteiger partial charge is 0.327 e. The molecule has 0 spiro atoms. The van der Waals surface area contributed by atoms with Gasteiger partial charge in [0.25, 0.3) is 0 Å². The molecule has 0 aliphatic carbocycles. The van der Waals surface area contributed by atoms with Gasteiger partial charge in [-0.2, -0.15) is 0 Å². The Balaban J connectivity index is 2.81. The predicted octanol–water partition coefficient (Wildman–Crippen LogP) is 0.592. The molecule has 3 N–H and O–H groups in total. The maximum atomic E-state index is 11.3.